The molecule has 4 rings (SSSR count). The number of aromatic nitrogens is 4. The van der Waals surface area contributed by atoms with Crippen LogP contribution in [-0.2, 0) is 6.54 Å². The fraction of sp³-hybridized carbons (Fsp3) is 0.250. The summed E-state index contributed by atoms with van der Waals surface area (Å²) in [5.74, 6) is 2.25. The van der Waals surface area contributed by atoms with Gasteiger partial charge >= 0.3 is 0 Å². The summed E-state index contributed by atoms with van der Waals surface area (Å²) in [7, 11) is 0. The molecular weight excluding hydrogens is 390 g/mol. The number of hydrogen-bond acceptors (Lipinski definition) is 6. The Bertz CT molecular complexity index is 1250. The van der Waals surface area contributed by atoms with Gasteiger partial charge in [0, 0.05) is 18.0 Å². The van der Waals surface area contributed by atoms with Gasteiger partial charge in [0.15, 0.2) is 0 Å². The first kappa shape index (κ1) is 20.5. The SMILES string of the molecule is Cc1cccc(OCCCNc2cc(Cn3ncc4ccccc4c3=O)nc(C)n2)c1. The minimum Gasteiger partial charge on any atom is -0.494 e. The molecule has 1 N–H and O–H groups in total. The minimum absolute atomic E-state index is 0.128. The number of anilines is 1. The van der Waals surface area contributed by atoms with Crippen LogP contribution < -0.4 is 15.6 Å². The van der Waals surface area contributed by atoms with E-state index in [1.807, 2.05) is 68.4 Å². The van der Waals surface area contributed by atoms with Crippen molar-refractivity contribution in [2.24, 2.45) is 0 Å². The molecular formula is C24H25N5O2. The smallest absolute Gasteiger partial charge is 0.274 e. The van der Waals surface area contributed by atoms with Crippen LogP contribution in [0.3, 0.4) is 0 Å². The Balaban J connectivity index is 1.37. The van der Waals surface area contributed by atoms with Gasteiger partial charge in [-0.3, -0.25) is 4.79 Å². The predicted molar refractivity (Wildman–Crippen MR) is 122 cm³/mol. The lowest BCUT2D eigenvalue weighted by molar-refractivity contribution is 0.315. The van der Waals surface area contributed by atoms with Crippen LogP contribution in [0.15, 0.2) is 65.6 Å². The third-order valence-corrected chi connectivity index (χ3v) is 4.85. The number of benzene rings is 2. The Morgan fingerprint density at radius 1 is 1.03 bits per heavy atom. The van der Waals surface area contributed by atoms with E-state index in [1.54, 1.807) is 6.20 Å². The highest BCUT2D eigenvalue weighted by Gasteiger charge is 2.07. The van der Waals surface area contributed by atoms with Crippen molar-refractivity contribution in [3.8, 4) is 5.75 Å². The molecule has 0 unspecified atom stereocenters. The second kappa shape index (κ2) is 9.38. The standard InChI is InChI=1S/C24H25N5O2/c1-17-7-5-9-21(13-17)31-12-6-11-25-23-14-20(27-18(2)28-23)16-29-24(30)22-10-4-3-8-19(22)15-26-29/h3-5,7-10,13-15H,6,11-12,16H2,1-2H3,(H,25,27,28). The summed E-state index contributed by atoms with van der Waals surface area (Å²) in [6.07, 6.45) is 2.54. The Morgan fingerprint density at radius 2 is 1.90 bits per heavy atom. The van der Waals surface area contributed by atoms with Crippen molar-refractivity contribution >= 4 is 16.6 Å². The lowest BCUT2D eigenvalue weighted by Gasteiger charge is -2.10. The molecule has 0 bridgehead atoms. The zero-order chi connectivity index (χ0) is 21.6. The summed E-state index contributed by atoms with van der Waals surface area (Å²) in [5.41, 5.74) is 1.78. The van der Waals surface area contributed by atoms with E-state index in [9.17, 15) is 4.79 Å². The molecule has 2 heterocycles. The van der Waals surface area contributed by atoms with Crippen LogP contribution in [0.5, 0.6) is 5.75 Å². The van der Waals surface area contributed by atoms with E-state index >= 15 is 0 Å². The molecule has 0 fully saturated rings. The van der Waals surface area contributed by atoms with Crippen molar-refractivity contribution in [2.75, 3.05) is 18.5 Å². The van der Waals surface area contributed by atoms with Gasteiger partial charge in [-0.2, -0.15) is 5.10 Å². The second-order valence-electron chi connectivity index (χ2n) is 7.43. The van der Waals surface area contributed by atoms with Crippen LogP contribution in [0.25, 0.3) is 10.8 Å². The predicted octanol–water partition coefficient (Wildman–Crippen LogP) is 3.73. The maximum absolute atomic E-state index is 12.7. The van der Waals surface area contributed by atoms with Crippen molar-refractivity contribution in [3.63, 3.8) is 0 Å². The molecule has 0 amide bonds. The summed E-state index contributed by atoms with van der Waals surface area (Å²) in [6, 6.07) is 17.3. The van der Waals surface area contributed by atoms with E-state index in [1.165, 1.54) is 10.2 Å². The maximum atomic E-state index is 12.7. The van der Waals surface area contributed by atoms with Crippen molar-refractivity contribution in [2.45, 2.75) is 26.8 Å². The van der Waals surface area contributed by atoms with Crippen LogP contribution in [0.4, 0.5) is 5.82 Å². The van der Waals surface area contributed by atoms with Crippen LogP contribution in [0.1, 0.15) is 23.5 Å². The van der Waals surface area contributed by atoms with E-state index in [2.05, 4.69) is 20.4 Å². The van der Waals surface area contributed by atoms with E-state index in [-0.39, 0.29) is 12.1 Å². The molecule has 4 aromatic rings. The quantitative estimate of drug-likeness (QED) is 0.442. The van der Waals surface area contributed by atoms with E-state index in [4.69, 9.17) is 4.74 Å². The zero-order valence-electron chi connectivity index (χ0n) is 17.7. The van der Waals surface area contributed by atoms with Gasteiger partial charge in [-0.15, -0.1) is 0 Å². The van der Waals surface area contributed by atoms with Crippen LogP contribution in [0.2, 0.25) is 0 Å². The van der Waals surface area contributed by atoms with Crippen molar-refractivity contribution in [1.82, 2.24) is 19.7 Å². The third-order valence-electron chi connectivity index (χ3n) is 4.85. The molecule has 158 valence electrons. The highest BCUT2D eigenvalue weighted by molar-refractivity contribution is 5.80. The Kier molecular flexibility index (Phi) is 6.21. The molecule has 2 aromatic carbocycles. The van der Waals surface area contributed by atoms with Gasteiger partial charge in [-0.25, -0.2) is 14.6 Å². The summed E-state index contributed by atoms with van der Waals surface area (Å²) in [4.78, 5) is 21.6. The summed E-state index contributed by atoms with van der Waals surface area (Å²) < 4.78 is 7.21. The number of aryl methyl sites for hydroxylation is 2. The molecule has 31 heavy (non-hydrogen) atoms. The second-order valence-corrected chi connectivity index (χ2v) is 7.43. The van der Waals surface area contributed by atoms with Gasteiger partial charge in [-0.05, 0) is 44.0 Å². The van der Waals surface area contributed by atoms with Crippen LogP contribution >= 0.6 is 0 Å². The molecule has 0 saturated carbocycles. The highest BCUT2D eigenvalue weighted by Crippen LogP contribution is 2.13. The molecule has 0 aliphatic carbocycles. The van der Waals surface area contributed by atoms with E-state index in [0.29, 0.717) is 17.8 Å². The summed E-state index contributed by atoms with van der Waals surface area (Å²) in [5, 5.41) is 9.08. The number of rotatable bonds is 8. The van der Waals surface area contributed by atoms with E-state index in [0.717, 1.165) is 35.6 Å². The normalized spacial score (nSPS) is 10.9. The molecule has 7 heteroatoms. The molecule has 7 nitrogen and oxygen atoms in total. The fourth-order valence-electron chi connectivity index (χ4n) is 3.38. The van der Waals surface area contributed by atoms with Crippen LogP contribution in [-0.4, -0.2) is 32.9 Å². The monoisotopic (exact) mass is 415 g/mol. The van der Waals surface area contributed by atoms with Crippen molar-refractivity contribution in [3.05, 3.63) is 88.2 Å². The third kappa shape index (κ3) is 5.25. The number of ether oxygens (including phenoxy) is 1. The summed E-state index contributed by atoms with van der Waals surface area (Å²) >= 11 is 0. The summed E-state index contributed by atoms with van der Waals surface area (Å²) in [6.45, 7) is 5.51. The first-order chi connectivity index (χ1) is 15.1. The number of hydrogen-bond donors (Lipinski definition) is 1. The van der Waals surface area contributed by atoms with Crippen molar-refractivity contribution in [1.29, 1.82) is 0 Å². The number of nitrogens with zero attached hydrogens (tertiary/aromatic N) is 4. The molecule has 2 aromatic heterocycles. The van der Waals surface area contributed by atoms with E-state index < -0.39 is 0 Å². The highest BCUT2D eigenvalue weighted by atomic mass is 16.5. The van der Waals surface area contributed by atoms with Crippen molar-refractivity contribution < 1.29 is 4.74 Å². The average molecular weight is 415 g/mol. The Morgan fingerprint density at radius 3 is 2.77 bits per heavy atom. The lowest BCUT2D eigenvalue weighted by Crippen LogP contribution is -2.24. The first-order valence-electron chi connectivity index (χ1n) is 10.3. The fourth-order valence-corrected chi connectivity index (χ4v) is 3.38. The van der Waals surface area contributed by atoms with Gasteiger partial charge in [0.1, 0.15) is 17.4 Å². The van der Waals surface area contributed by atoms with Gasteiger partial charge < -0.3 is 10.1 Å². The molecule has 0 saturated heterocycles. The van der Waals surface area contributed by atoms with Gasteiger partial charge in [-0.1, -0.05) is 30.3 Å². The number of fused-ring (bicyclic) bond motifs is 1. The molecule has 0 atom stereocenters. The number of nitrogens with one attached hydrogen (secondary N) is 1. The minimum atomic E-state index is -0.128. The Hall–Kier alpha value is -3.74. The maximum Gasteiger partial charge on any atom is 0.274 e. The molecule has 0 spiro atoms. The molecule has 0 aliphatic heterocycles. The first-order valence-corrected chi connectivity index (χ1v) is 10.3. The lowest BCUT2D eigenvalue weighted by atomic mass is 10.2. The average Bonchev–Trinajstić information content (AvgIpc) is 2.75. The largest absolute Gasteiger partial charge is 0.494 e. The van der Waals surface area contributed by atoms with Crippen LogP contribution in [0, 0.1) is 13.8 Å². The van der Waals surface area contributed by atoms with Gasteiger partial charge in [0.2, 0.25) is 0 Å². The topological polar surface area (TPSA) is 81.9 Å². The zero-order valence-corrected chi connectivity index (χ0v) is 17.7. The molecule has 0 aliphatic rings. The molecule has 0 radical (unpaired) electrons. The van der Waals surface area contributed by atoms with Gasteiger partial charge in [0.05, 0.1) is 30.4 Å². The van der Waals surface area contributed by atoms with Gasteiger partial charge in [0.25, 0.3) is 5.56 Å². The Labute approximate surface area is 180 Å².